The molecule has 144 valence electrons. The Labute approximate surface area is 161 Å². The van der Waals surface area contributed by atoms with Gasteiger partial charge >= 0.3 is 12.1 Å². The number of fused-ring (bicyclic) bond motifs is 1. The Kier molecular flexibility index (Phi) is 5.36. The van der Waals surface area contributed by atoms with Crippen LogP contribution in [0.5, 0.6) is 0 Å². The number of hydrogen-bond acceptors (Lipinski definition) is 3. The van der Waals surface area contributed by atoms with Crippen molar-refractivity contribution < 1.29 is 23.1 Å². The van der Waals surface area contributed by atoms with Gasteiger partial charge in [0.2, 0.25) is 0 Å². The zero-order chi connectivity index (χ0) is 20.3. The van der Waals surface area contributed by atoms with Gasteiger partial charge in [0.15, 0.2) is 0 Å². The molecule has 0 aliphatic rings. The Morgan fingerprint density at radius 1 is 1.18 bits per heavy atom. The Bertz CT molecular complexity index is 1120. The molecule has 0 radical (unpaired) electrons. The van der Waals surface area contributed by atoms with Crippen LogP contribution in [-0.2, 0) is 4.79 Å². The minimum Gasteiger partial charge on any atom is -0.475 e. The molecule has 0 saturated carbocycles. The number of aromatic amines is 1. The van der Waals surface area contributed by atoms with Crippen molar-refractivity contribution >= 4 is 28.6 Å². The van der Waals surface area contributed by atoms with Crippen LogP contribution in [-0.4, -0.2) is 37.0 Å². The van der Waals surface area contributed by atoms with E-state index < -0.39 is 12.1 Å². The molecule has 6 nitrogen and oxygen atoms in total. The fourth-order valence-electron chi connectivity index (χ4n) is 2.44. The normalized spacial score (nSPS) is 11.1. The minimum atomic E-state index is -5.08. The Balaban J connectivity index is 0.000000279. The molecule has 10 heteroatoms. The van der Waals surface area contributed by atoms with E-state index in [0.29, 0.717) is 5.02 Å². The second kappa shape index (κ2) is 7.73. The van der Waals surface area contributed by atoms with Crippen molar-refractivity contribution in [2.45, 2.75) is 6.18 Å². The first kappa shape index (κ1) is 19.4. The summed E-state index contributed by atoms with van der Waals surface area (Å²) >= 11 is 6.22. The molecular weight excluding hydrogens is 397 g/mol. The van der Waals surface area contributed by atoms with E-state index in [-0.39, 0.29) is 0 Å². The summed E-state index contributed by atoms with van der Waals surface area (Å²) in [5.74, 6) is -2.76. The average Bonchev–Trinajstić information content (AvgIpc) is 3.31. The van der Waals surface area contributed by atoms with Gasteiger partial charge in [-0.1, -0.05) is 23.7 Å². The molecule has 3 heterocycles. The van der Waals surface area contributed by atoms with Crippen molar-refractivity contribution in [2.24, 2.45) is 0 Å². The van der Waals surface area contributed by atoms with E-state index in [4.69, 9.17) is 21.5 Å². The number of nitrogens with zero attached hydrogens (tertiary/aromatic N) is 3. The van der Waals surface area contributed by atoms with Gasteiger partial charge in [0, 0.05) is 29.5 Å². The van der Waals surface area contributed by atoms with E-state index in [1.807, 2.05) is 55.0 Å². The first-order valence-corrected chi connectivity index (χ1v) is 8.17. The molecule has 3 aromatic heterocycles. The number of carbonyl (C=O) groups is 1. The lowest BCUT2D eigenvalue weighted by Crippen LogP contribution is -2.21. The van der Waals surface area contributed by atoms with Crippen molar-refractivity contribution in [3.05, 3.63) is 66.2 Å². The first-order valence-electron chi connectivity index (χ1n) is 7.79. The van der Waals surface area contributed by atoms with Crippen LogP contribution in [0.25, 0.3) is 27.8 Å². The van der Waals surface area contributed by atoms with Crippen LogP contribution in [0, 0.1) is 0 Å². The number of alkyl halides is 3. The van der Waals surface area contributed by atoms with Gasteiger partial charge in [-0.3, -0.25) is 0 Å². The van der Waals surface area contributed by atoms with Gasteiger partial charge in [-0.15, -0.1) is 0 Å². The zero-order valence-corrected chi connectivity index (χ0v) is 14.7. The van der Waals surface area contributed by atoms with Crippen LogP contribution in [0.15, 0.2) is 61.2 Å². The van der Waals surface area contributed by atoms with Crippen molar-refractivity contribution in [1.29, 1.82) is 0 Å². The summed E-state index contributed by atoms with van der Waals surface area (Å²) in [7, 11) is 0. The number of hydrogen-bond donors (Lipinski definition) is 2. The number of carboxylic acids is 1. The molecule has 0 bridgehead atoms. The van der Waals surface area contributed by atoms with Crippen molar-refractivity contribution in [3.8, 4) is 16.8 Å². The van der Waals surface area contributed by atoms with Crippen LogP contribution >= 0.6 is 11.6 Å². The summed E-state index contributed by atoms with van der Waals surface area (Å²) in [5, 5.41) is 13.3. The number of para-hydroxylation sites is 1. The SMILES string of the molecule is Clc1ccccc1-n1cc(-c2ccnc3[nH]ccc23)cn1.O=C(O)C(F)(F)F. The molecule has 0 aliphatic heterocycles. The van der Waals surface area contributed by atoms with E-state index >= 15 is 0 Å². The quantitative estimate of drug-likeness (QED) is 0.503. The maximum Gasteiger partial charge on any atom is 0.490 e. The standard InChI is InChI=1S/C16H11ClN4.C2HF3O2/c17-14-3-1-2-4-15(14)21-10-11(9-20-21)12-5-7-18-16-13(12)6-8-19-16;3-2(4,5)1(6)7/h1-10H,(H,18,19);(H,6,7). The Hall–Kier alpha value is -3.33. The third-order valence-electron chi connectivity index (χ3n) is 3.70. The van der Waals surface area contributed by atoms with E-state index in [2.05, 4.69) is 15.1 Å². The third kappa shape index (κ3) is 4.15. The lowest BCUT2D eigenvalue weighted by Gasteiger charge is -2.03. The molecule has 4 aromatic rings. The topological polar surface area (TPSA) is 83.8 Å². The molecule has 0 atom stereocenters. The van der Waals surface area contributed by atoms with E-state index in [9.17, 15) is 13.2 Å². The smallest absolute Gasteiger partial charge is 0.475 e. The molecule has 4 rings (SSSR count). The molecule has 2 N–H and O–H groups in total. The molecule has 0 unspecified atom stereocenters. The molecule has 0 amide bonds. The summed E-state index contributed by atoms with van der Waals surface area (Å²) in [4.78, 5) is 16.3. The molecule has 0 spiro atoms. The molecule has 28 heavy (non-hydrogen) atoms. The van der Waals surface area contributed by atoms with Crippen LogP contribution in [0.3, 0.4) is 0 Å². The van der Waals surface area contributed by atoms with Crippen LogP contribution in [0.1, 0.15) is 0 Å². The fourth-order valence-corrected chi connectivity index (χ4v) is 2.67. The summed E-state index contributed by atoms with van der Waals surface area (Å²) in [6.45, 7) is 0. The average molecular weight is 409 g/mol. The Morgan fingerprint density at radius 2 is 1.89 bits per heavy atom. The number of aromatic nitrogens is 4. The zero-order valence-electron chi connectivity index (χ0n) is 14.0. The van der Waals surface area contributed by atoms with Crippen molar-refractivity contribution in [3.63, 3.8) is 0 Å². The second-order valence-electron chi connectivity index (χ2n) is 5.53. The maximum absolute atomic E-state index is 10.6. The number of H-pyrrole nitrogens is 1. The maximum atomic E-state index is 10.6. The Morgan fingerprint density at radius 3 is 2.57 bits per heavy atom. The van der Waals surface area contributed by atoms with E-state index in [0.717, 1.165) is 27.8 Å². The highest BCUT2D eigenvalue weighted by molar-refractivity contribution is 6.32. The lowest BCUT2D eigenvalue weighted by molar-refractivity contribution is -0.192. The first-order chi connectivity index (χ1) is 13.3. The van der Waals surface area contributed by atoms with Gasteiger partial charge in [0.05, 0.1) is 16.9 Å². The highest BCUT2D eigenvalue weighted by Gasteiger charge is 2.38. The number of rotatable bonds is 2. The molecule has 0 saturated heterocycles. The number of carboxylic acid groups (broad SMARTS) is 1. The number of halogens is 4. The largest absolute Gasteiger partial charge is 0.490 e. The second-order valence-corrected chi connectivity index (χ2v) is 5.93. The van der Waals surface area contributed by atoms with E-state index in [1.165, 1.54) is 0 Å². The highest BCUT2D eigenvalue weighted by atomic mass is 35.5. The van der Waals surface area contributed by atoms with Gasteiger partial charge in [0.25, 0.3) is 0 Å². The van der Waals surface area contributed by atoms with Crippen molar-refractivity contribution in [2.75, 3.05) is 0 Å². The number of pyridine rings is 1. The molecule has 0 fully saturated rings. The third-order valence-corrected chi connectivity index (χ3v) is 4.02. The van der Waals surface area contributed by atoms with Gasteiger partial charge in [-0.05, 0) is 29.8 Å². The van der Waals surface area contributed by atoms with Crippen molar-refractivity contribution in [1.82, 2.24) is 19.7 Å². The monoisotopic (exact) mass is 408 g/mol. The van der Waals surface area contributed by atoms with Gasteiger partial charge < -0.3 is 10.1 Å². The number of nitrogens with one attached hydrogen (secondary N) is 1. The fraction of sp³-hybridized carbons (Fsp3) is 0.0556. The predicted octanol–water partition coefficient (Wildman–Crippen LogP) is 4.70. The highest BCUT2D eigenvalue weighted by Crippen LogP contribution is 2.28. The van der Waals surface area contributed by atoms with Crippen LogP contribution < -0.4 is 0 Å². The number of benzene rings is 1. The van der Waals surface area contributed by atoms with E-state index in [1.54, 1.807) is 10.9 Å². The number of aliphatic carboxylic acids is 1. The predicted molar refractivity (Wildman–Crippen MR) is 97.4 cm³/mol. The van der Waals surface area contributed by atoms with Crippen LogP contribution in [0.4, 0.5) is 13.2 Å². The molecular formula is C18H12ClF3N4O2. The van der Waals surface area contributed by atoms with Gasteiger partial charge in [-0.25, -0.2) is 14.5 Å². The van der Waals surface area contributed by atoms with Gasteiger partial charge in [0.1, 0.15) is 5.65 Å². The summed E-state index contributed by atoms with van der Waals surface area (Å²) < 4.78 is 33.5. The lowest BCUT2D eigenvalue weighted by atomic mass is 10.1. The molecule has 0 aliphatic carbocycles. The summed E-state index contributed by atoms with van der Waals surface area (Å²) in [5.41, 5.74) is 3.87. The summed E-state index contributed by atoms with van der Waals surface area (Å²) in [6.07, 6.45) is 2.41. The van der Waals surface area contributed by atoms with Crippen LogP contribution in [0.2, 0.25) is 5.02 Å². The minimum absolute atomic E-state index is 0.675. The molecule has 1 aromatic carbocycles. The van der Waals surface area contributed by atoms with Gasteiger partial charge in [-0.2, -0.15) is 18.3 Å². The summed E-state index contributed by atoms with van der Waals surface area (Å²) in [6, 6.07) is 11.7.